The van der Waals surface area contributed by atoms with Crippen LogP contribution in [0.1, 0.15) is 18.4 Å². The van der Waals surface area contributed by atoms with Crippen molar-refractivity contribution < 1.29 is 14.8 Å². The Bertz CT molecular complexity index is 483. The first kappa shape index (κ1) is 12.5. The van der Waals surface area contributed by atoms with Gasteiger partial charge in [0.2, 0.25) is 5.91 Å². The third kappa shape index (κ3) is 2.65. The summed E-state index contributed by atoms with van der Waals surface area (Å²) >= 11 is 0. The Balaban J connectivity index is 2.05. The van der Waals surface area contributed by atoms with E-state index in [0.717, 1.165) is 12.8 Å². The molecule has 1 fully saturated rings. The molecule has 18 heavy (non-hydrogen) atoms. The van der Waals surface area contributed by atoms with E-state index in [1.165, 1.54) is 6.07 Å². The van der Waals surface area contributed by atoms with Crippen molar-refractivity contribution in [3.63, 3.8) is 0 Å². The molecule has 6 nitrogen and oxygen atoms in total. The van der Waals surface area contributed by atoms with Gasteiger partial charge in [-0.05, 0) is 12.8 Å². The van der Waals surface area contributed by atoms with Gasteiger partial charge in [0.15, 0.2) is 0 Å². The number of aliphatic hydroxyl groups excluding tert-OH is 1. The maximum Gasteiger partial charge on any atom is 0.273 e. The topological polar surface area (TPSA) is 92.5 Å². The van der Waals surface area contributed by atoms with Crippen LogP contribution in [0.4, 0.5) is 5.69 Å². The minimum atomic E-state index is -0.498. The van der Waals surface area contributed by atoms with Gasteiger partial charge in [-0.1, -0.05) is 18.2 Å². The molecular formula is C12H14N2O4. The lowest BCUT2D eigenvalue weighted by molar-refractivity contribution is -0.385. The molecule has 1 aliphatic carbocycles. The van der Waals surface area contributed by atoms with Gasteiger partial charge in [-0.3, -0.25) is 14.9 Å². The van der Waals surface area contributed by atoms with E-state index in [9.17, 15) is 14.9 Å². The van der Waals surface area contributed by atoms with Gasteiger partial charge >= 0.3 is 0 Å². The SMILES string of the molecule is O=C(Cc1ccccc1[N+](=O)[O-])NC1(CO)CC1. The molecule has 2 rings (SSSR count). The highest BCUT2D eigenvalue weighted by Crippen LogP contribution is 2.34. The van der Waals surface area contributed by atoms with E-state index in [0.29, 0.717) is 5.56 Å². The van der Waals surface area contributed by atoms with Gasteiger partial charge in [0.25, 0.3) is 5.69 Å². The van der Waals surface area contributed by atoms with Crippen molar-refractivity contribution in [1.82, 2.24) is 5.32 Å². The number of aliphatic hydroxyl groups is 1. The number of carbonyl (C=O) groups is 1. The first-order valence-electron chi connectivity index (χ1n) is 5.70. The Morgan fingerprint density at radius 3 is 2.67 bits per heavy atom. The zero-order chi connectivity index (χ0) is 13.2. The van der Waals surface area contributed by atoms with Crippen LogP contribution < -0.4 is 5.32 Å². The minimum absolute atomic E-state index is 0.0428. The van der Waals surface area contributed by atoms with Gasteiger partial charge in [-0.15, -0.1) is 0 Å². The molecule has 1 saturated carbocycles. The summed E-state index contributed by atoms with van der Waals surface area (Å²) in [5.74, 6) is -0.296. The van der Waals surface area contributed by atoms with Crippen molar-refractivity contribution in [2.45, 2.75) is 24.8 Å². The first-order valence-corrected chi connectivity index (χ1v) is 5.70. The van der Waals surface area contributed by atoms with Gasteiger partial charge in [0, 0.05) is 11.6 Å². The molecule has 1 aromatic carbocycles. The molecule has 1 aliphatic rings. The standard InChI is InChI=1S/C12H14N2O4/c15-8-12(5-6-12)13-11(16)7-9-3-1-2-4-10(9)14(17)18/h1-4,15H,5-8H2,(H,13,16). The van der Waals surface area contributed by atoms with E-state index in [1.807, 2.05) is 0 Å². The molecule has 0 unspecified atom stereocenters. The second kappa shape index (κ2) is 4.73. The number of nitro groups is 1. The summed E-state index contributed by atoms with van der Waals surface area (Å²) in [4.78, 5) is 22.0. The molecule has 0 saturated heterocycles. The molecule has 0 aromatic heterocycles. The van der Waals surface area contributed by atoms with Crippen LogP contribution in [-0.4, -0.2) is 28.1 Å². The van der Waals surface area contributed by atoms with Crippen molar-refractivity contribution >= 4 is 11.6 Å². The van der Waals surface area contributed by atoms with Crippen LogP contribution in [0.5, 0.6) is 0 Å². The highest BCUT2D eigenvalue weighted by molar-refractivity contribution is 5.80. The van der Waals surface area contributed by atoms with Gasteiger partial charge in [-0.25, -0.2) is 0 Å². The van der Waals surface area contributed by atoms with Crippen LogP contribution >= 0.6 is 0 Å². The van der Waals surface area contributed by atoms with Crippen LogP contribution in [0.15, 0.2) is 24.3 Å². The smallest absolute Gasteiger partial charge is 0.273 e. The molecule has 0 spiro atoms. The van der Waals surface area contributed by atoms with Crippen LogP contribution in [-0.2, 0) is 11.2 Å². The summed E-state index contributed by atoms with van der Waals surface area (Å²) in [5, 5.41) is 22.6. The summed E-state index contributed by atoms with van der Waals surface area (Å²) in [6.45, 7) is -0.0877. The number of hydrogen-bond donors (Lipinski definition) is 2. The normalized spacial score (nSPS) is 16.1. The van der Waals surface area contributed by atoms with Crippen LogP contribution in [0.25, 0.3) is 0 Å². The Morgan fingerprint density at radius 1 is 1.44 bits per heavy atom. The number of nitro benzene ring substituents is 1. The van der Waals surface area contributed by atoms with Crippen LogP contribution in [0.2, 0.25) is 0 Å². The number of hydrogen-bond acceptors (Lipinski definition) is 4. The molecule has 2 N–H and O–H groups in total. The van der Waals surface area contributed by atoms with E-state index >= 15 is 0 Å². The van der Waals surface area contributed by atoms with E-state index in [4.69, 9.17) is 5.11 Å². The lowest BCUT2D eigenvalue weighted by Crippen LogP contribution is -2.40. The summed E-state index contributed by atoms with van der Waals surface area (Å²) in [6, 6.07) is 6.17. The minimum Gasteiger partial charge on any atom is -0.394 e. The Labute approximate surface area is 104 Å². The molecule has 0 bridgehead atoms. The van der Waals surface area contributed by atoms with E-state index in [-0.39, 0.29) is 24.6 Å². The van der Waals surface area contributed by atoms with Crippen molar-refractivity contribution in [3.8, 4) is 0 Å². The number of nitrogens with one attached hydrogen (secondary N) is 1. The average Bonchev–Trinajstić information content (AvgIpc) is 3.09. The number of rotatable bonds is 5. The van der Waals surface area contributed by atoms with Crippen molar-refractivity contribution in [2.24, 2.45) is 0 Å². The lowest BCUT2D eigenvalue weighted by Gasteiger charge is -2.14. The fraction of sp³-hybridized carbons (Fsp3) is 0.417. The molecule has 0 radical (unpaired) electrons. The predicted octanol–water partition coefficient (Wildman–Crippen LogP) is 0.778. The Morgan fingerprint density at radius 2 is 2.11 bits per heavy atom. The molecule has 1 aromatic rings. The van der Waals surface area contributed by atoms with E-state index < -0.39 is 10.5 Å². The molecule has 0 atom stereocenters. The second-order valence-corrected chi connectivity index (χ2v) is 4.55. The van der Waals surface area contributed by atoms with Gasteiger partial charge in [0.1, 0.15) is 0 Å². The first-order chi connectivity index (χ1) is 8.56. The average molecular weight is 250 g/mol. The lowest BCUT2D eigenvalue weighted by atomic mass is 10.1. The number of nitrogens with zero attached hydrogens (tertiary/aromatic N) is 1. The Hall–Kier alpha value is -1.95. The second-order valence-electron chi connectivity index (χ2n) is 4.55. The number of benzene rings is 1. The maximum atomic E-state index is 11.8. The quantitative estimate of drug-likeness (QED) is 0.596. The highest BCUT2D eigenvalue weighted by Gasteiger charge is 2.43. The molecule has 6 heteroatoms. The summed E-state index contributed by atoms with van der Waals surface area (Å²) < 4.78 is 0. The van der Waals surface area contributed by atoms with Gasteiger partial charge in [0.05, 0.1) is 23.5 Å². The van der Waals surface area contributed by atoms with Gasteiger partial charge < -0.3 is 10.4 Å². The summed E-state index contributed by atoms with van der Waals surface area (Å²) in [7, 11) is 0. The van der Waals surface area contributed by atoms with Crippen LogP contribution in [0.3, 0.4) is 0 Å². The molecule has 1 amide bonds. The number of para-hydroxylation sites is 1. The van der Waals surface area contributed by atoms with Crippen molar-refractivity contribution in [1.29, 1.82) is 0 Å². The summed E-state index contributed by atoms with van der Waals surface area (Å²) in [5.41, 5.74) is -0.157. The molecule has 0 heterocycles. The number of amides is 1. The third-order valence-electron chi connectivity index (χ3n) is 3.10. The maximum absolute atomic E-state index is 11.8. The molecule has 0 aliphatic heterocycles. The zero-order valence-electron chi connectivity index (χ0n) is 9.76. The monoisotopic (exact) mass is 250 g/mol. The van der Waals surface area contributed by atoms with Crippen molar-refractivity contribution in [2.75, 3.05) is 6.61 Å². The molecular weight excluding hydrogens is 236 g/mol. The fourth-order valence-corrected chi connectivity index (χ4v) is 1.82. The Kier molecular flexibility index (Phi) is 3.29. The zero-order valence-corrected chi connectivity index (χ0v) is 9.76. The largest absolute Gasteiger partial charge is 0.394 e. The molecule has 96 valence electrons. The van der Waals surface area contributed by atoms with Crippen molar-refractivity contribution in [3.05, 3.63) is 39.9 Å². The third-order valence-corrected chi connectivity index (χ3v) is 3.10. The summed E-state index contributed by atoms with van der Waals surface area (Å²) in [6.07, 6.45) is 1.47. The highest BCUT2D eigenvalue weighted by atomic mass is 16.6. The van der Waals surface area contributed by atoms with Gasteiger partial charge in [-0.2, -0.15) is 0 Å². The number of carbonyl (C=O) groups excluding carboxylic acids is 1. The van der Waals surface area contributed by atoms with E-state index in [1.54, 1.807) is 18.2 Å². The predicted molar refractivity (Wildman–Crippen MR) is 64.0 cm³/mol. The van der Waals surface area contributed by atoms with Crippen LogP contribution in [0, 0.1) is 10.1 Å². The fourth-order valence-electron chi connectivity index (χ4n) is 1.82. The van der Waals surface area contributed by atoms with E-state index in [2.05, 4.69) is 5.32 Å².